The molecule has 2 aliphatic carbocycles. The summed E-state index contributed by atoms with van der Waals surface area (Å²) in [6, 6.07) is 0. The number of carbonyl (C=O) groups excluding carboxylic acids is 1. The van der Waals surface area contributed by atoms with Gasteiger partial charge in [-0.2, -0.15) is 0 Å². The van der Waals surface area contributed by atoms with Crippen LogP contribution in [-0.2, 0) is 9.22 Å². The van der Waals surface area contributed by atoms with E-state index in [2.05, 4.69) is 67.7 Å². The topological polar surface area (TPSA) is 26.3 Å². The molecule has 0 aromatic heterocycles. The molecule has 2 aliphatic rings. The van der Waals surface area contributed by atoms with E-state index in [0.29, 0.717) is 22.3 Å². The summed E-state index contributed by atoms with van der Waals surface area (Å²) >= 11 is 0. The zero-order valence-corrected chi connectivity index (χ0v) is 19.5. The summed E-state index contributed by atoms with van der Waals surface area (Å²) in [6.07, 6.45) is 4.00. The van der Waals surface area contributed by atoms with Crippen LogP contribution >= 0.6 is 0 Å². The number of ketones is 1. The van der Waals surface area contributed by atoms with Crippen LogP contribution in [0.2, 0.25) is 41.8 Å². The Morgan fingerprint density at radius 2 is 1.54 bits per heavy atom. The molecule has 0 saturated heterocycles. The molecule has 2 rings (SSSR count). The van der Waals surface area contributed by atoms with Gasteiger partial charge in [-0.05, 0) is 52.7 Å². The molecule has 1 saturated carbocycles. The third kappa shape index (κ3) is 3.38. The van der Waals surface area contributed by atoms with Crippen LogP contribution in [0.25, 0.3) is 0 Å². The van der Waals surface area contributed by atoms with Crippen molar-refractivity contribution in [3.63, 3.8) is 0 Å². The molecule has 3 atom stereocenters. The summed E-state index contributed by atoms with van der Waals surface area (Å²) in [4.78, 5) is 12.0. The van der Waals surface area contributed by atoms with E-state index in [-0.39, 0.29) is 11.1 Å². The number of fused-ring (bicyclic) bond motifs is 1. The SMILES string of the molecule is CC(C)(C)[Si](C)(C)O[C@@H]1C2=CC(=O)CC2C[C@H]1[Si](C)(C)C(C)(C)C. The Labute approximate surface area is 151 Å². The molecule has 0 amide bonds. The lowest BCUT2D eigenvalue weighted by Gasteiger charge is -2.47. The minimum atomic E-state index is -1.86. The predicted octanol–water partition coefficient (Wildman–Crippen LogP) is 6.17. The summed E-state index contributed by atoms with van der Waals surface area (Å²) in [5.74, 6) is 0.763. The molecule has 4 heteroatoms. The maximum Gasteiger partial charge on any atom is 0.192 e. The lowest BCUT2D eigenvalue weighted by molar-refractivity contribution is -0.114. The van der Waals surface area contributed by atoms with Gasteiger partial charge in [0.25, 0.3) is 0 Å². The summed E-state index contributed by atoms with van der Waals surface area (Å²) in [6.45, 7) is 23.9. The van der Waals surface area contributed by atoms with E-state index >= 15 is 0 Å². The second-order valence-electron chi connectivity index (χ2n) is 11.1. The average Bonchev–Trinajstić information content (AvgIpc) is 2.84. The number of rotatable bonds is 3. The van der Waals surface area contributed by atoms with Gasteiger partial charge < -0.3 is 4.43 Å². The van der Waals surface area contributed by atoms with Gasteiger partial charge in [0.05, 0.1) is 14.2 Å². The first kappa shape index (κ1) is 20.1. The maximum atomic E-state index is 12.0. The zero-order valence-electron chi connectivity index (χ0n) is 17.5. The van der Waals surface area contributed by atoms with Crippen molar-refractivity contribution in [1.82, 2.24) is 0 Å². The molecule has 0 aliphatic heterocycles. The van der Waals surface area contributed by atoms with Crippen LogP contribution in [0.1, 0.15) is 54.4 Å². The molecule has 2 nitrogen and oxygen atoms in total. The number of allylic oxidation sites excluding steroid dienone is 1. The van der Waals surface area contributed by atoms with Crippen LogP contribution in [0.3, 0.4) is 0 Å². The Morgan fingerprint density at radius 1 is 1.00 bits per heavy atom. The van der Waals surface area contributed by atoms with E-state index in [1.807, 2.05) is 6.08 Å². The number of hydrogen-bond donors (Lipinski definition) is 0. The highest BCUT2D eigenvalue weighted by atomic mass is 28.4. The number of hydrogen-bond acceptors (Lipinski definition) is 2. The zero-order chi connectivity index (χ0) is 18.7. The van der Waals surface area contributed by atoms with Crippen molar-refractivity contribution in [3.8, 4) is 0 Å². The molecule has 0 heterocycles. The monoisotopic (exact) mass is 366 g/mol. The van der Waals surface area contributed by atoms with Crippen LogP contribution in [0.5, 0.6) is 0 Å². The summed E-state index contributed by atoms with van der Waals surface area (Å²) in [5, 5.41) is 0.544. The van der Waals surface area contributed by atoms with Crippen molar-refractivity contribution in [2.75, 3.05) is 0 Å². The Kier molecular flexibility index (Phi) is 4.96. The molecule has 0 bridgehead atoms. The second kappa shape index (κ2) is 5.92. The lowest BCUT2D eigenvalue weighted by Crippen LogP contribution is -2.50. The minimum Gasteiger partial charge on any atom is -0.410 e. The highest BCUT2D eigenvalue weighted by Crippen LogP contribution is 2.57. The molecule has 1 fully saturated rings. The van der Waals surface area contributed by atoms with Crippen LogP contribution in [0.4, 0.5) is 0 Å². The van der Waals surface area contributed by atoms with E-state index in [1.165, 1.54) is 5.57 Å². The van der Waals surface area contributed by atoms with E-state index in [4.69, 9.17) is 4.43 Å². The Morgan fingerprint density at radius 3 is 2.00 bits per heavy atom. The van der Waals surface area contributed by atoms with Crippen molar-refractivity contribution in [1.29, 1.82) is 0 Å². The van der Waals surface area contributed by atoms with Gasteiger partial charge in [-0.25, -0.2) is 0 Å². The quantitative estimate of drug-likeness (QED) is 0.558. The van der Waals surface area contributed by atoms with Gasteiger partial charge in [0.1, 0.15) is 0 Å². The van der Waals surface area contributed by atoms with Crippen molar-refractivity contribution >= 4 is 22.2 Å². The van der Waals surface area contributed by atoms with Gasteiger partial charge in [-0.1, -0.05) is 54.6 Å². The summed E-state index contributed by atoms with van der Waals surface area (Å²) < 4.78 is 6.97. The van der Waals surface area contributed by atoms with Crippen LogP contribution in [0, 0.1) is 5.92 Å². The minimum absolute atomic E-state index is 0.184. The molecule has 0 aromatic carbocycles. The fourth-order valence-corrected chi connectivity index (χ4v) is 8.22. The van der Waals surface area contributed by atoms with E-state index < -0.39 is 16.4 Å². The molecular weight excluding hydrogens is 328 g/mol. The summed E-state index contributed by atoms with van der Waals surface area (Å²) in [7, 11) is -3.40. The van der Waals surface area contributed by atoms with Gasteiger partial charge in [0.2, 0.25) is 0 Å². The fraction of sp³-hybridized carbons (Fsp3) is 0.850. The van der Waals surface area contributed by atoms with Crippen molar-refractivity contribution in [2.24, 2.45) is 5.92 Å². The van der Waals surface area contributed by atoms with Crippen molar-refractivity contribution < 1.29 is 9.22 Å². The first-order chi connectivity index (χ1) is 10.6. The number of carbonyl (C=O) groups is 1. The normalized spacial score (nSPS) is 29.0. The second-order valence-corrected chi connectivity index (χ2v) is 21.6. The van der Waals surface area contributed by atoms with Gasteiger partial charge in [-0.3, -0.25) is 4.79 Å². The van der Waals surface area contributed by atoms with Crippen LogP contribution in [-0.4, -0.2) is 28.3 Å². The van der Waals surface area contributed by atoms with Crippen molar-refractivity contribution in [3.05, 3.63) is 11.6 Å². The highest BCUT2D eigenvalue weighted by Gasteiger charge is 2.55. The standard InChI is InChI=1S/C20H38O2Si2/c1-19(2,3)23(7,8)17-12-14-11-15(21)13-16(14)18(17)22-24(9,10)20(4,5)6/h13-14,17-18H,11-12H2,1-10H3/t14?,17-,18-/m1/s1. The lowest BCUT2D eigenvalue weighted by atomic mass is 10.1. The van der Waals surface area contributed by atoms with Gasteiger partial charge in [0.15, 0.2) is 14.1 Å². The fourth-order valence-electron chi connectivity index (χ4n) is 3.79. The predicted molar refractivity (Wildman–Crippen MR) is 109 cm³/mol. The molecule has 1 unspecified atom stereocenters. The molecule has 138 valence electrons. The molecule has 0 spiro atoms. The third-order valence-corrected chi connectivity index (χ3v) is 18.3. The Hall–Kier alpha value is -0.196. The molecule has 0 aromatic rings. The highest BCUT2D eigenvalue weighted by molar-refractivity contribution is 6.82. The average molecular weight is 367 g/mol. The Bertz CT molecular complexity index is 547. The first-order valence-corrected chi connectivity index (χ1v) is 15.5. The smallest absolute Gasteiger partial charge is 0.192 e. The first-order valence-electron chi connectivity index (χ1n) is 9.50. The van der Waals surface area contributed by atoms with Gasteiger partial charge in [-0.15, -0.1) is 0 Å². The third-order valence-electron chi connectivity index (χ3n) is 7.57. The van der Waals surface area contributed by atoms with Crippen molar-refractivity contribution in [2.45, 2.75) is 102 Å². The van der Waals surface area contributed by atoms with E-state index in [0.717, 1.165) is 12.8 Å². The van der Waals surface area contributed by atoms with Crippen LogP contribution in [0.15, 0.2) is 11.6 Å². The van der Waals surface area contributed by atoms with E-state index in [1.54, 1.807) is 0 Å². The molecule has 24 heavy (non-hydrogen) atoms. The van der Waals surface area contributed by atoms with Gasteiger partial charge >= 0.3 is 0 Å². The molecule has 0 radical (unpaired) electrons. The Balaban J connectivity index is 2.42. The summed E-state index contributed by atoms with van der Waals surface area (Å²) in [5.41, 5.74) is 1.95. The van der Waals surface area contributed by atoms with E-state index in [9.17, 15) is 4.79 Å². The molecule has 0 N–H and O–H groups in total. The van der Waals surface area contributed by atoms with Crippen LogP contribution < -0.4 is 0 Å². The molecular formula is C20H38O2Si2. The largest absolute Gasteiger partial charge is 0.410 e. The maximum absolute atomic E-state index is 12.0. The van der Waals surface area contributed by atoms with Gasteiger partial charge in [0, 0.05) is 6.42 Å².